The lowest BCUT2D eigenvalue weighted by Gasteiger charge is -2.10. The zero-order valence-electron chi connectivity index (χ0n) is 12.9. The Bertz CT molecular complexity index is 893. The Morgan fingerprint density at radius 3 is 2.56 bits per heavy atom. The van der Waals surface area contributed by atoms with Gasteiger partial charge in [0.25, 0.3) is 5.91 Å². The van der Waals surface area contributed by atoms with Crippen LogP contribution in [0.2, 0.25) is 0 Å². The van der Waals surface area contributed by atoms with Crippen LogP contribution in [0.25, 0.3) is 10.9 Å². The molecule has 1 amide bonds. The number of benzene rings is 2. The van der Waals surface area contributed by atoms with Crippen LogP contribution in [0.5, 0.6) is 5.75 Å². The number of carbonyl (C=O) groups is 1. The summed E-state index contributed by atoms with van der Waals surface area (Å²) in [6.07, 6.45) is -2.75. The van der Waals surface area contributed by atoms with Crippen molar-refractivity contribution >= 4 is 22.5 Å². The second kappa shape index (κ2) is 6.80. The summed E-state index contributed by atoms with van der Waals surface area (Å²) in [6.45, 7) is -1.36. The van der Waals surface area contributed by atoms with Gasteiger partial charge in [0.15, 0.2) is 6.61 Å². The lowest BCUT2D eigenvalue weighted by Crippen LogP contribution is -2.19. The third-order valence-corrected chi connectivity index (χ3v) is 3.38. The fourth-order valence-electron chi connectivity index (χ4n) is 2.21. The molecule has 1 heterocycles. The Labute approximate surface area is 141 Å². The number of pyridine rings is 1. The second-order valence-corrected chi connectivity index (χ2v) is 5.29. The molecular formula is C18H13F3N2O2. The Morgan fingerprint density at radius 1 is 1.08 bits per heavy atom. The van der Waals surface area contributed by atoms with Crippen LogP contribution in [0.15, 0.2) is 60.8 Å². The summed E-state index contributed by atoms with van der Waals surface area (Å²) in [7, 11) is 0. The zero-order chi connectivity index (χ0) is 17.9. The smallest absolute Gasteiger partial charge is 0.422 e. The number of hydrogen-bond acceptors (Lipinski definition) is 3. The van der Waals surface area contributed by atoms with Crippen LogP contribution in [0.1, 0.15) is 10.4 Å². The normalized spacial score (nSPS) is 11.3. The maximum absolute atomic E-state index is 12.3. The molecule has 0 radical (unpaired) electrons. The highest BCUT2D eigenvalue weighted by Crippen LogP contribution is 2.21. The average molecular weight is 346 g/mol. The second-order valence-electron chi connectivity index (χ2n) is 5.29. The van der Waals surface area contributed by atoms with E-state index in [1.54, 1.807) is 24.4 Å². The van der Waals surface area contributed by atoms with E-state index in [4.69, 9.17) is 0 Å². The van der Waals surface area contributed by atoms with Crippen LogP contribution in [-0.2, 0) is 0 Å². The van der Waals surface area contributed by atoms with Gasteiger partial charge in [-0.15, -0.1) is 0 Å². The first-order valence-electron chi connectivity index (χ1n) is 7.36. The van der Waals surface area contributed by atoms with Crippen molar-refractivity contribution in [2.45, 2.75) is 6.18 Å². The van der Waals surface area contributed by atoms with Gasteiger partial charge in [-0.05, 0) is 42.5 Å². The van der Waals surface area contributed by atoms with Crippen molar-refractivity contribution in [3.8, 4) is 5.75 Å². The van der Waals surface area contributed by atoms with E-state index in [2.05, 4.69) is 15.0 Å². The number of halogens is 3. The molecule has 0 saturated carbocycles. The van der Waals surface area contributed by atoms with Crippen LogP contribution in [0.4, 0.5) is 18.9 Å². The van der Waals surface area contributed by atoms with Crippen molar-refractivity contribution in [2.75, 3.05) is 11.9 Å². The molecule has 0 saturated heterocycles. The highest BCUT2D eigenvalue weighted by Gasteiger charge is 2.28. The SMILES string of the molecule is O=C(Nc1ccc(OCC(F)(F)F)cc1)c1ccc2cccnc2c1. The summed E-state index contributed by atoms with van der Waals surface area (Å²) in [6, 6.07) is 14.5. The van der Waals surface area contributed by atoms with Crippen molar-refractivity contribution in [1.82, 2.24) is 4.98 Å². The topological polar surface area (TPSA) is 51.2 Å². The van der Waals surface area contributed by atoms with Gasteiger partial charge in [0.1, 0.15) is 5.75 Å². The number of ether oxygens (including phenoxy) is 1. The van der Waals surface area contributed by atoms with Gasteiger partial charge >= 0.3 is 6.18 Å². The number of aromatic nitrogens is 1. The summed E-state index contributed by atoms with van der Waals surface area (Å²) >= 11 is 0. The van der Waals surface area contributed by atoms with E-state index in [0.717, 1.165) is 5.39 Å². The lowest BCUT2D eigenvalue weighted by atomic mass is 10.1. The lowest BCUT2D eigenvalue weighted by molar-refractivity contribution is -0.153. The molecule has 3 rings (SSSR count). The monoisotopic (exact) mass is 346 g/mol. The van der Waals surface area contributed by atoms with E-state index in [-0.39, 0.29) is 11.7 Å². The molecule has 3 aromatic rings. The van der Waals surface area contributed by atoms with Gasteiger partial charge in [0.2, 0.25) is 0 Å². The Hall–Kier alpha value is -3.09. The molecule has 1 aromatic heterocycles. The molecule has 0 unspecified atom stereocenters. The van der Waals surface area contributed by atoms with E-state index < -0.39 is 12.8 Å². The fraction of sp³-hybridized carbons (Fsp3) is 0.111. The number of amides is 1. The van der Waals surface area contributed by atoms with Gasteiger partial charge in [0, 0.05) is 22.8 Å². The predicted molar refractivity (Wildman–Crippen MR) is 87.7 cm³/mol. The molecule has 0 aliphatic heterocycles. The van der Waals surface area contributed by atoms with Crippen LogP contribution < -0.4 is 10.1 Å². The zero-order valence-corrected chi connectivity index (χ0v) is 12.9. The molecule has 1 N–H and O–H groups in total. The van der Waals surface area contributed by atoms with Crippen molar-refractivity contribution in [2.24, 2.45) is 0 Å². The van der Waals surface area contributed by atoms with E-state index in [1.165, 1.54) is 24.3 Å². The summed E-state index contributed by atoms with van der Waals surface area (Å²) < 4.78 is 40.9. The van der Waals surface area contributed by atoms with Crippen LogP contribution in [-0.4, -0.2) is 23.7 Å². The summed E-state index contributed by atoms with van der Waals surface area (Å²) in [5.74, 6) is -0.262. The van der Waals surface area contributed by atoms with Crippen molar-refractivity contribution < 1.29 is 22.7 Å². The van der Waals surface area contributed by atoms with Gasteiger partial charge < -0.3 is 10.1 Å². The molecular weight excluding hydrogens is 333 g/mol. The maximum atomic E-state index is 12.3. The fourth-order valence-corrected chi connectivity index (χ4v) is 2.21. The largest absolute Gasteiger partial charge is 0.484 e. The average Bonchev–Trinajstić information content (AvgIpc) is 2.60. The molecule has 0 aliphatic carbocycles. The number of carbonyl (C=O) groups excluding carboxylic acids is 1. The number of hydrogen-bond donors (Lipinski definition) is 1. The molecule has 7 heteroatoms. The summed E-state index contributed by atoms with van der Waals surface area (Å²) in [5, 5.41) is 3.60. The highest BCUT2D eigenvalue weighted by atomic mass is 19.4. The molecule has 0 aliphatic rings. The van der Waals surface area contributed by atoms with Crippen molar-refractivity contribution in [3.63, 3.8) is 0 Å². The number of nitrogens with zero attached hydrogens (tertiary/aromatic N) is 1. The van der Waals surface area contributed by atoms with Gasteiger partial charge in [-0.25, -0.2) is 0 Å². The van der Waals surface area contributed by atoms with E-state index in [9.17, 15) is 18.0 Å². The minimum Gasteiger partial charge on any atom is -0.484 e. The van der Waals surface area contributed by atoms with Crippen molar-refractivity contribution in [3.05, 3.63) is 66.4 Å². The molecule has 0 fully saturated rings. The molecule has 2 aromatic carbocycles. The van der Waals surface area contributed by atoms with Gasteiger partial charge in [-0.2, -0.15) is 13.2 Å². The predicted octanol–water partition coefficient (Wildman–Crippen LogP) is 4.43. The minimum absolute atomic E-state index is 0.0743. The number of nitrogens with one attached hydrogen (secondary N) is 1. The molecule has 0 bridgehead atoms. The standard InChI is InChI=1S/C18H13F3N2O2/c19-18(20,21)11-25-15-7-5-14(6-8-15)23-17(24)13-4-3-12-2-1-9-22-16(12)10-13/h1-10H,11H2,(H,23,24). The Balaban J connectivity index is 1.67. The highest BCUT2D eigenvalue weighted by molar-refractivity contribution is 6.06. The van der Waals surface area contributed by atoms with E-state index in [0.29, 0.717) is 16.8 Å². The number of anilines is 1. The van der Waals surface area contributed by atoms with Gasteiger partial charge in [-0.1, -0.05) is 12.1 Å². The third kappa shape index (κ3) is 4.47. The molecule has 25 heavy (non-hydrogen) atoms. The Kier molecular flexibility index (Phi) is 4.56. The summed E-state index contributed by atoms with van der Waals surface area (Å²) in [5.41, 5.74) is 1.58. The van der Waals surface area contributed by atoms with Gasteiger partial charge in [-0.3, -0.25) is 9.78 Å². The molecule has 4 nitrogen and oxygen atoms in total. The van der Waals surface area contributed by atoms with E-state index >= 15 is 0 Å². The first kappa shape index (κ1) is 16.8. The molecule has 0 spiro atoms. The Morgan fingerprint density at radius 2 is 1.84 bits per heavy atom. The van der Waals surface area contributed by atoms with Crippen LogP contribution in [0.3, 0.4) is 0 Å². The van der Waals surface area contributed by atoms with Crippen molar-refractivity contribution in [1.29, 1.82) is 0 Å². The van der Waals surface area contributed by atoms with E-state index in [1.807, 2.05) is 12.1 Å². The first-order chi connectivity index (χ1) is 11.9. The van der Waals surface area contributed by atoms with Crippen LogP contribution >= 0.6 is 0 Å². The maximum Gasteiger partial charge on any atom is 0.422 e. The molecule has 128 valence electrons. The van der Waals surface area contributed by atoms with Crippen LogP contribution in [0, 0.1) is 0 Å². The quantitative estimate of drug-likeness (QED) is 0.760. The number of alkyl halides is 3. The third-order valence-electron chi connectivity index (χ3n) is 3.38. The number of rotatable bonds is 4. The van der Waals surface area contributed by atoms with Gasteiger partial charge in [0.05, 0.1) is 5.52 Å². The summed E-state index contributed by atoms with van der Waals surface area (Å²) in [4.78, 5) is 16.5. The number of fused-ring (bicyclic) bond motifs is 1. The first-order valence-corrected chi connectivity index (χ1v) is 7.36. The minimum atomic E-state index is -4.39. The molecule has 0 atom stereocenters.